The molecule has 0 bridgehead atoms. The van der Waals surface area contributed by atoms with Crippen molar-refractivity contribution in [1.82, 2.24) is 20.0 Å². The molecular weight excluding hydrogens is 344 g/mol. The molecule has 0 aliphatic carbocycles. The zero-order valence-electron chi connectivity index (χ0n) is 16.7. The highest BCUT2D eigenvalue weighted by Gasteiger charge is 2.42. The number of furan rings is 1. The maximum absolute atomic E-state index is 13.1. The van der Waals surface area contributed by atoms with Crippen molar-refractivity contribution in [3.05, 3.63) is 24.2 Å². The van der Waals surface area contributed by atoms with Crippen LogP contribution in [0.25, 0.3) is 0 Å². The van der Waals surface area contributed by atoms with Gasteiger partial charge in [0.15, 0.2) is 0 Å². The van der Waals surface area contributed by atoms with Crippen LogP contribution in [-0.4, -0.2) is 84.4 Å². The number of nitrogens with one attached hydrogen (secondary N) is 1. The van der Waals surface area contributed by atoms with Crippen LogP contribution < -0.4 is 5.32 Å². The van der Waals surface area contributed by atoms with Gasteiger partial charge in [0, 0.05) is 31.7 Å². The molecule has 1 aromatic heterocycles. The largest absolute Gasteiger partial charge is 0.472 e. The Balaban J connectivity index is 1.71. The molecule has 150 valence electrons. The molecule has 1 N–H and O–H groups in total. The molecule has 2 amide bonds. The molecule has 2 aliphatic rings. The molecule has 2 aliphatic heterocycles. The van der Waals surface area contributed by atoms with Crippen LogP contribution in [-0.2, 0) is 4.79 Å². The second-order valence-electron chi connectivity index (χ2n) is 7.68. The highest BCUT2D eigenvalue weighted by Crippen LogP contribution is 2.27. The Morgan fingerprint density at radius 3 is 2.56 bits per heavy atom. The number of piperidine rings is 1. The van der Waals surface area contributed by atoms with Gasteiger partial charge in [-0.1, -0.05) is 0 Å². The van der Waals surface area contributed by atoms with Crippen molar-refractivity contribution in [1.29, 1.82) is 0 Å². The number of hydrogen-bond acceptors (Lipinski definition) is 5. The van der Waals surface area contributed by atoms with Crippen LogP contribution in [0.15, 0.2) is 23.0 Å². The second kappa shape index (κ2) is 8.89. The van der Waals surface area contributed by atoms with E-state index in [1.54, 1.807) is 6.07 Å². The van der Waals surface area contributed by atoms with E-state index in [2.05, 4.69) is 22.2 Å². The third-order valence-electron chi connectivity index (χ3n) is 5.98. The SMILES string of the molecule is CCN(CC)C(=O)[C@@H]1C[C@@H](NC(=O)c2ccoc2)CN1C1CCN(C)CC1. The zero-order chi connectivity index (χ0) is 19.4. The van der Waals surface area contributed by atoms with Gasteiger partial charge in [0.25, 0.3) is 5.91 Å². The second-order valence-corrected chi connectivity index (χ2v) is 7.68. The van der Waals surface area contributed by atoms with E-state index < -0.39 is 0 Å². The van der Waals surface area contributed by atoms with Crippen molar-refractivity contribution >= 4 is 11.8 Å². The standard InChI is InChI=1S/C20H32N4O3/c1-4-23(5-2)20(26)18-12-16(21-19(25)15-8-11-27-14-15)13-24(18)17-6-9-22(3)10-7-17/h8,11,14,16-18H,4-7,9-10,12-13H2,1-3H3,(H,21,25)/t16-,18+/m1/s1. The summed E-state index contributed by atoms with van der Waals surface area (Å²) in [7, 11) is 2.15. The average Bonchev–Trinajstić information content (AvgIpc) is 3.33. The summed E-state index contributed by atoms with van der Waals surface area (Å²) in [5.74, 6) is 0.0620. The van der Waals surface area contributed by atoms with E-state index in [1.165, 1.54) is 12.5 Å². The molecule has 0 radical (unpaired) electrons. The van der Waals surface area contributed by atoms with Crippen molar-refractivity contribution in [2.75, 3.05) is 39.8 Å². The Bertz CT molecular complexity index is 621. The molecule has 0 aromatic carbocycles. The van der Waals surface area contributed by atoms with E-state index in [9.17, 15) is 9.59 Å². The van der Waals surface area contributed by atoms with Gasteiger partial charge in [0.1, 0.15) is 6.26 Å². The number of likely N-dealkylation sites (N-methyl/N-ethyl adjacent to an activating group) is 1. The van der Waals surface area contributed by atoms with E-state index in [4.69, 9.17) is 4.42 Å². The zero-order valence-corrected chi connectivity index (χ0v) is 16.7. The molecule has 0 unspecified atom stereocenters. The van der Waals surface area contributed by atoms with Gasteiger partial charge in [-0.05, 0) is 59.3 Å². The maximum Gasteiger partial charge on any atom is 0.254 e. The number of rotatable bonds is 6. The molecule has 2 saturated heterocycles. The summed E-state index contributed by atoms with van der Waals surface area (Å²) in [5, 5.41) is 3.10. The van der Waals surface area contributed by atoms with Gasteiger partial charge in [-0.25, -0.2) is 0 Å². The van der Waals surface area contributed by atoms with Gasteiger partial charge in [-0.3, -0.25) is 14.5 Å². The quantitative estimate of drug-likeness (QED) is 0.813. The lowest BCUT2D eigenvalue weighted by Crippen LogP contribution is -2.52. The first kappa shape index (κ1) is 19.9. The third kappa shape index (κ3) is 4.52. The molecule has 3 rings (SSSR count). The van der Waals surface area contributed by atoms with Crippen LogP contribution in [0.1, 0.15) is 43.5 Å². The van der Waals surface area contributed by atoms with Crippen molar-refractivity contribution in [2.24, 2.45) is 0 Å². The van der Waals surface area contributed by atoms with E-state index in [0.29, 0.717) is 18.0 Å². The van der Waals surface area contributed by atoms with E-state index in [1.807, 2.05) is 18.7 Å². The highest BCUT2D eigenvalue weighted by atomic mass is 16.3. The summed E-state index contributed by atoms with van der Waals surface area (Å²) >= 11 is 0. The highest BCUT2D eigenvalue weighted by molar-refractivity contribution is 5.94. The minimum atomic E-state index is -0.145. The van der Waals surface area contributed by atoms with E-state index in [-0.39, 0.29) is 23.9 Å². The smallest absolute Gasteiger partial charge is 0.254 e. The summed E-state index contributed by atoms with van der Waals surface area (Å²) in [4.78, 5) is 32.2. The summed E-state index contributed by atoms with van der Waals surface area (Å²) in [5.41, 5.74) is 0.527. The maximum atomic E-state index is 13.1. The van der Waals surface area contributed by atoms with Crippen molar-refractivity contribution in [3.8, 4) is 0 Å². The number of carbonyl (C=O) groups is 2. The number of amides is 2. The molecule has 27 heavy (non-hydrogen) atoms. The van der Waals surface area contributed by atoms with Crippen LogP contribution in [0.5, 0.6) is 0 Å². The van der Waals surface area contributed by atoms with Crippen molar-refractivity contribution < 1.29 is 14.0 Å². The van der Waals surface area contributed by atoms with E-state index in [0.717, 1.165) is 45.6 Å². The first-order chi connectivity index (χ1) is 13.0. The Hall–Kier alpha value is -1.86. The van der Waals surface area contributed by atoms with Crippen LogP contribution >= 0.6 is 0 Å². The van der Waals surface area contributed by atoms with Crippen molar-refractivity contribution in [2.45, 2.75) is 51.2 Å². The van der Waals surface area contributed by atoms with Crippen LogP contribution in [0.4, 0.5) is 0 Å². The first-order valence-corrected chi connectivity index (χ1v) is 10.1. The van der Waals surface area contributed by atoms with Crippen molar-refractivity contribution in [3.63, 3.8) is 0 Å². The van der Waals surface area contributed by atoms with Gasteiger partial charge in [0.2, 0.25) is 5.91 Å². The lowest BCUT2D eigenvalue weighted by molar-refractivity contribution is -0.136. The fourth-order valence-corrected chi connectivity index (χ4v) is 4.35. The molecular formula is C20H32N4O3. The van der Waals surface area contributed by atoms with Crippen LogP contribution in [0, 0.1) is 0 Å². The van der Waals surface area contributed by atoms with E-state index >= 15 is 0 Å². The summed E-state index contributed by atoms with van der Waals surface area (Å²) in [6.07, 6.45) is 5.77. The number of nitrogens with zero attached hydrogens (tertiary/aromatic N) is 3. The Kier molecular flexibility index (Phi) is 6.55. The Morgan fingerprint density at radius 1 is 1.26 bits per heavy atom. The molecule has 0 spiro atoms. The number of likely N-dealkylation sites (tertiary alicyclic amines) is 2. The Labute approximate surface area is 161 Å². The monoisotopic (exact) mass is 376 g/mol. The molecule has 7 heteroatoms. The Morgan fingerprint density at radius 2 is 1.96 bits per heavy atom. The van der Waals surface area contributed by atoms with Gasteiger partial charge < -0.3 is 19.5 Å². The molecule has 3 heterocycles. The fraction of sp³-hybridized carbons (Fsp3) is 0.700. The lowest BCUT2D eigenvalue weighted by Gasteiger charge is -2.38. The number of hydrogen-bond donors (Lipinski definition) is 1. The minimum absolute atomic E-state index is 0.0171. The molecule has 2 fully saturated rings. The fourth-order valence-electron chi connectivity index (χ4n) is 4.35. The van der Waals surface area contributed by atoms with Crippen LogP contribution in [0.2, 0.25) is 0 Å². The van der Waals surface area contributed by atoms with Gasteiger partial charge in [-0.2, -0.15) is 0 Å². The lowest BCUT2D eigenvalue weighted by atomic mass is 10.0. The first-order valence-electron chi connectivity index (χ1n) is 10.1. The predicted octanol–water partition coefficient (Wildman–Crippen LogP) is 1.41. The molecule has 7 nitrogen and oxygen atoms in total. The molecule has 2 atom stereocenters. The van der Waals surface area contributed by atoms with Gasteiger partial charge in [0.05, 0.1) is 17.9 Å². The predicted molar refractivity (Wildman–Crippen MR) is 104 cm³/mol. The van der Waals surface area contributed by atoms with Gasteiger partial charge >= 0.3 is 0 Å². The normalized spacial score (nSPS) is 24.9. The minimum Gasteiger partial charge on any atom is -0.472 e. The molecule has 1 aromatic rings. The number of carbonyl (C=O) groups excluding carboxylic acids is 2. The summed E-state index contributed by atoms with van der Waals surface area (Å²) in [6, 6.07) is 1.91. The van der Waals surface area contributed by atoms with Gasteiger partial charge in [-0.15, -0.1) is 0 Å². The summed E-state index contributed by atoms with van der Waals surface area (Å²) < 4.78 is 5.01. The third-order valence-corrected chi connectivity index (χ3v) is 5.98. The average molecular weight is 377 g/mol. The topological polar surface area (TPSA) is 69.0 Å². The van der Waals surface area contributed by atoms with Crippen LogP contribution in [0.3, 0.4) is 0 Å². The summed E-state index contributed by atoms with van der Waals surface area (Å²) in [6.45, 7) is 8.33. The molecule has 0 saturated carbocycles.